The molecule has 1 heterocycles. The molecule has 1 amide bonds. The molecule has 0 saturated heterocycles. The molecule has 6 nitrogen and oxygen atoms in total. The monoisotopic (exact) mass is 477 g/mol. The average Bonchev–Trinajstić information content (AvgIpc) is 3.24. The molecular formula is C27H28ClN3O3. The number of nitrogens with zero attached hydrogens (tertiary/aromatic N) is 2. The van der Waals surface area contributed by atoms with E-state index >= 15 is 0 Å². The number of hydrogen-bond acceptors (Lipinski definition) is 4. The van der Waals surface area contributed by atoms with Crippen molar-refractivity contribution in [2.24, 2.45) is 5.73 Å². The number of rotatable bonds is 9. The number of fused-ring (bicyclic) bond motifs is 1. The van der Waals surface area contributed by atoms with Crippen LogP contribution in [0.15, 0.2) is 66.7 Å². The van der Waals surface area contributed by atoms with E-state index in [4.69, 9.17) is 31.8 Å². The Hall–Kier alpha value is -3.51. The van der Waals surface area contributed by atoms with Crippen LogP contribution >= 0.6 is 11.6 Å². The van der Waals surface area contributed by atoms with Gasteiger partial charge in [0.2, 0.25) is 5.91 Å². The number of aromatic nitrogens is 2. The Balaban J connectivity index is 2.12. The van der Waals surface area contributed by atoms with Gasteiger partial charge in [-0.15, -0.1) is 0 Å². The molecule has 0 fully saturated rings. The molecule has 2 N–H and O–H groups in total. The van der Waals surface area contributed by atoms with Gasteiger partial charge in [-0.3, -0.25) is 4.79 Å². The molecule has 1 aromatic heterocycles. The zero-order chi connectivity index (χ0) is 24.3. The highest BCUT2D eigenvalue weighted by Gasteiger charge is 2.43. The van der Waals surface area contributed by atoms with Crippen LogP contribution in [0.1, 0.15) is 31.7 Å². The molecule has 0 aliphatic carbocycles. The Morgan fingerprint density at radius 3 is 2.44 bits per heavy atom. The fraction of sp³-hybridized carbons (Fsp3) is 0.259. The van der Waals surface area contributed by atoms with E-state index in [1.807, 2.05) is 53.1 Å². The van der Waals surface area contributed by atoms with E-state index in [2.05, 4.69) is 6.92 Å². The first-order valence-electron chi connectivity index (χ1n) is 11.2. The molecule has 4 aromatic rings. The van der Waals surface area contributed by atoms with Gasteiger partial charge in [-0.2, -0.15) is 0 Å². The molecule has 0 spiro atoms. The van der Waals surface area contributed by atoms with Crippen LogP contribution in [-0.4, -0.2) is 29.7 Å². The smallest absolute Gasteiger partial charge is 0.248 e. The van der Waals surface area contributed by atoms with E-state index in [9.17, 15) is 4.79 Å². The van der Waals surface area contributed by atoms with Crippen molar-refractivity contribution in [2.45, 2.75) is 31.7 Å². The van der Waals surface area contributed by atoms with Crippen molar-refractivity contribution >= 4 is 28.5 Å². The Bertz CT molecular complexity index is 1320. The summed E-state index contributed by atoms with van der Waals surface area (Å²) in [6.45, 7) is 2.09. The summed E-state index contributed by atoms with van der Waals surface area (Å²) in [5.74, 6) is 1.37. The van der Waals surface area contributed by atoms with Crippen LogP contribution in [0.2, 0.25) is 5.02 Å². The van der Waals surface area contributed by atoms with Crippen LogP contribution in [0.3, 0.4) is 0 Å². The number of carbonyl (C=O) groups excluding carboxylic acids is 1. The van der Waals surface area contributed by atoms with Crippen molar-refractivity contribution in [3.05, 3.63) is 77.3 Å². The van der Waals surface area contributed by atoms with Crippen molar-refractivity contribution in [1.29, 1.82) is 0 Å². The minimum absolute atomic E-state index is 0.458. The Morgan fingerprint density at radius 1 is 1.06 bits per heavy atom. The summed E-state index contributed by atoms with van der Waals surface area (Å²) < 4.78 is 13.1. The van der Waals surface area contributed by atoms with Crippen LogP contribution in [0.25, 0.3) is 22.4 Å². The van der Waals surface area contributed by atoms with Crippen LogP contribution < -0.4 is 15.2 Å². The van der Waals surface area contributed by atoms with E-state index in [0.717, 1.165) is 35.0 Å². The maximum absolute atomic E-state index is 13.5. The van der Waals surface area contributed by atoms with Gasteiger partial charge in [0, 0.05) is 11.1 Å². The molecule has 0 aliphatic heterocycles. The number of ether oxygens (including phenoxy) is 2. The normalized spacial score (nSPS) is 12.9. The number of imidazole rings is 1. The van der Waals surface area contributed by atoms with Crippen LogP contribution in [0.5, 0.6) is 11.5 Å². The van der Waals surface area contributed by atoms with Crippen LogP contribution in [0, 0.1) is 0 Å². The van der Waals surface area contributed by atoms with Crippen molar-refractivity contribution in [2.75, 3.05) is 14.2 Å². The quantitative estimate of drug-likeness (QED) is 0.330. The number of hydrogen-bond donors (Lipinski definition) is 1. The van der Waals surface area contributed by atoms with Crippen molar-refractivity contribution in [3.63, 3.8) is 0 Å². The third-order valence-electron chi connectivity index (χ3n) is 6.21. The SMILES string of the molecule is CCCCC(C(N)=O)(c1ccc(Cl)cc1)n1c(-c2ccc(OC)cc2OC)nc2ccccc21. The Labute approximate surface area is 204 Å². The molecule has 0 bridgehead atoms. The molecule has 34 heavy (non-hydrogen) atoms. The predicted octanol–water partition coefficient (Wildman–Crippen LogP) is 5.79. The Kier molecular flexibility index (Phi) is 6.80. The van der Waals surface area contributed by atoms with Gasteiger partial charge < -0.3 is 19.8 Å². The van der Waals surface area contributed by atoms with E-state index in [1.54, 1.807) is 32.4 Å². The van der Waals surface area contributed by atoms with E-state index in [1.165, 1.54) is 0 Å². The lowest BCUT2D eigenvalue weighted by Gasteiger charge is -2.35. The molecule has 7 heteroatoms. The average molecular weight is 478 g/mol. The summed E-state index contributed by atoms with van der Waals surface area (Å²) in [6.07, 6.45) is 2.19. The highest BCUT2D eigenvalue weighted by Crippen LogP contribution is 2.42. The summed E-state index contributed by atoms with van der Waals surface area (Å²) in [6, 6.07) is 20.6. The second-order valence-corrected chi connectivity index (χ2v) is 8.60. The Morgan fingerprint density at radius 2 is 1.79 bits per heavy atom. The third kappa shape index (κ3) is 3.99. The van der Waals surface area contributed by atoms with Gasteiger partial charge in [0.25, 0.3) is 0 Å². The second-order valence-electron chi connectivity index (χ2n) is 8.16. The highest BCUT2D eigenvalue weighted by molar-refractivity contribution is 6.30. The topological polar surface area (TPSA) is 79.4 Å². The van der Waals surface area contributed by atoms with Crippen molar-refractivity contribution in [3.8, 4) is 22.9 Å². The van der Waals surface area contributed by atoms with E-state index in [-0.39, 0.29) is 0 Å². The fourth-order valence-corrected chi connectivity index (χ4v) is 4.62. The number of methoxy groups -OCH3 is 2. The first kappa shape index (κ1) is 23.6. The lowest BCUT2D eigenvalue weighted by Crippen LogP contribution is -2.47. The number of primary amides is 1. The van der Waals surface area contributed by atoms with Gasteiger partial charge in [0.15, 0.2) is 0 Å². The van der Waals surface area contributed by atoms with Gasteiger partial charge in [-0.25, -0.2) is 4.98 Å². The zero-order valence-electron chi connectivity index (χ0n) is 19.5. The first-order chi connectivity index (χ1) is 16.5. The molecule has 176 valence electrons. The van der Waals surface area contributed by atoms with Crippen LogP contribution in [-0.2, 0) is 10.3 Å². The van der Waals surface area contributed by atoms with Crippen molar-refractivity contribution < 1.29 is 14.3 Å². The number of unbranched alkanes of at least 4 members (excludes halogenated alkanes) is 1. The third-order valence-corrected chi connectivity index (χ3v) is 6.47. The molecule has 0 saturated carbocycles. The van der Waals surface area contributed by atoms with E-state index < -0.39 is 11.4 Å². The number of nitrogens with two attached hydrogens (primary N) is 1. The summed E-state index contributed by atoms with van der Waals surface area (Å²) in [4.78, 5) is 18.4. The number of amides is 1. The first-order valence-corrected chi connectivity index (χ1v) is 11.6. The van der Waals surface area contributed by atoms with Crippen LogP contribution in [0.4, 0.5) is 0 Å². The standard InChI is InChI=1S/C27H28ClN3O3/c1-4-5-16-27(26(29)32,18-10-12-19(28)13-11-18)31-23-9-7-6-8-22(23)30-25(31)21-15-14-20(33-2)17-24(21)34-3/h6-15,17H,4-5,16H2,1-3H3,(H2,29,32). The minimum Gasteiger partial charge on any atom is -0.497 e. The van der Waals surface area contributed by atoms with Gasteiger partial charge in [-0.05, 0) is 48.4 Å². The largest absolute Gasteiger partial charge is 0.497 e. The molecule has 3 aromatic carbocycles. The minimum atomic E-state index is -1.18. The van der Waals surface area contributed by atoms with E-state index in [0.29, 0.717) is 28.8 Å². The maximum atomic E-state index is 13.5. The number of halogens is 1. The number of benzene rings is 3. The van der Waals surface area contributed by atoms with Gasteiger partial charge >= 0.3 is 0 Å². The summed E-state index contributed by atoms with van der Waals surface area (Å²) in [5, 5.41) is 0.588. The molecule has 1 unspecified atom stereocenters. The lowest BCUT2D eigenvalue weighted by molar-refractivity contribution is -0.124. The number of para-hydroxylation sites is 2. The maximum Gasteiger partial charge on any atom is 0.248 e. The van der Waals surface area contributed by atoms with Gasteiger partial charge in [0.05, 0.1) is 30.8 Å². The second kappa shape index (κ2) is 9.77. The molecular weight excluding hydrogens is 450 g/mol. The zero-order valence-corrected chi connectivity index (χ0v) is 20.3. The predicted molar refractivity (Wildman–Crippen MR) is 136 cm³/mol. The van der Waals surface area contributed by atoms with Crippen molar-refractivity contribution in [1.82, 2.24) is 9.55 Å². The summed E-state index contributed by atoms with van der Waals surface area (Å²) in [7, 11) is 3.20. The molecule has 4 rings (SSSR count). The molecule has 0 radical (unpaired) electrons. The highest BCUT2D eigenvalue weighted by atomic mass is 35.5. The number of carbonyl (C=O) groups is 1. The summed E-state index contributed by atoms with van der Waals surface area (Å²) in [5.41, 5.74) is 8.13. The summed E-state index contributed by atoms with van der Waals surface area (Å²) >= 11 is 6.20. The molecule has 1 atom stereocenters. The fourth-order valence-electron chi connectivity index (χ4n) is 4.50. The van der Waals surface area contributed by atoms with Gasteiger partial charge in [-0.1, -0.05) is 55.6 Å². The lowest BCUT2D eigenvalue weighted by atomic mass is 9.83. The molecule has 0 aliphatic rings. The van der Waals surface area contributed by atoms with Gasteiger partial charge in [0.1, 0.15) is 22.9 Å².